The number of esters is 1. The summed E-state index contributed by atoms with van der Waals surface area (Å²) in [6, 6.07) is 4.71. The van der Waals surface area contributed by atoms with Gasteiger partial charge >= 0.3 is 5.97 Å². The summed E-state index contributed by atoms with van der Waals surface area (Å²) in [6.45, 7) is 0. The number of hydrogen-bond acceptors (Lipinski definition) is 3. The second-order valence-corrected chi connectivity index (χ2v) is 5.85. The average Bonchev–Trinajstić information content (AvgIpc) is 2.49. The van der Waals surface area contributed by atoms with Crippen LogP contribution in [0.2, 0.25) is 5.02 Å². The van der Waals surface area contributed by atoms with Crippen molar-refractivity contribution in [1.29, 1.82) is 0 Å². The van der Waals surface area contributed by atoms with Crippen LogP contribution in [0.5, 0.6) is 0 Å². The quantitative estimate of drug-likeness (QED) is 0.854. The van der Waals surface area contributed by atoms with Crippen LogP contribution in [0.25, 0.3) is 0 Å². The van der Waals surface area contributed by atoms with Crippen molar-refractivity contribution in [3.8, 4) is 0 Å². The Morgan fingerprint density at radius 2 is 2.00 bits per heavy atom. The third-order valence-corrected chi connectivity index (χ3v) is 4.19. The maximum Gasteiger partial charge on any atom is 0.337 e. The topological polar surface area (TPSA) is 55.4 Å². The van der Waals surface area contributed by atoms with Crippen LogP contribution in [-0.4, -0.2) is 19.0 Å². The molecule has 0 unspecified atom stereocenters. The fourth-order valence-corrected chi connectivity index (χ4v) is 2.89. The Balaban J connectivity index is 2.00. The van der Waals surface area contributed by atoms with Crippen LogP contribution in [0.3, 0.4) is 0 Å². The Bertz CT molecular complexity index is 524. The van der Waals surface area contributed by atoms with Crippen LogP contribution in [-0.2, 0) is 9.53 Å². The highest BCUT2D eigenvalue weighted by molar-refractivity contribution is 6.33. The van der Waals surface area contributed by atoms with E-state index in [1.165, 1.54) is 26.4 Å². The van der Waals surface area contributed by atoms with Crippen molar-refractivity contribution in [2.24, 2.45) is 5.92 Å². The lowest BCUT2D eigenvalue weighted by atomic mass is 9.87. The molecule has 1 aromatic carbocycles. The van der Waals surface area contributed by atoms with Gasteiger partial charge in [0.25, 0.3) is 0 Å². The van der Waals surface area contributed by atoms with Gasteiger partial charge in [-0.1, -0.05) is 30.9 Å². The van der Waals surface area contributed by atoms with E-state index >= 15 is 0 Å². The molecule has 1 fully saturated rings. The van der Waals surface area contributed by atoms with Crippen molar-refractivity contribution in [2.45, 2.75) is 38.5 Å². The highest BCUT2D eigenvalue weighted by Gasteiger charge is 2.18. The van der Waals surface area contributed by atoms with Crippen LogP contribution in [0.4, 0.5) is 5.69 Å². The van der Waals surface area contributed by atoms with Crippen molar-refractivity contribution in [3.05, 3.63) is 28.8 Å². The molecule has 0 radical (unpaired) electrons. The molecular weight excluding hydrogens is 290 g/mol. The summed E-state index contributed by atoms with van der Waals surface area (Å²) in [5.41, 5.74) is 0.829. The summed E-state index contributed by atoms with van der Waals surface area (Å²) in [5.74, 6) is -0.0402. The Morgan fingerprint density at radius 1 is 1.29 bits per heavy atom. The van der Waals surface area contributed by atoms with E-state index in [4.69, 9.17) is 11.6 Å². The van der Waals surface area contributed by atoms with E-state index in [-0.39, 0.29) is 5.91 Å². The van der Waals surface area contributed by atoms with Gasteiger partial charge in [0.1, 0.15) is 0 Å². The lowest BCUT2D eigenvalue weighted by molar-refractivity contribution is -0.117. The van der Waals surface area contributed by atoms with Gasteiger partial charge in [-0.05, 0) is 37.0 Å². The Hall–Kier alpha value is -1.55. The highest BCUT2D eigenvalue weighted by Crippen LogP contribution is 2.28. The number of benzene rings is 1. The summed E-state index contributed by atoms with van der Waals surface area (Å²) in [6.07, 6.45) is 6.42. The third kappa shape index (κ3) is 4.46. The van der Waals surface area contributed by atoms with E-state index in [9.17, 15) is 9.59 Å². The van der Waals surface area contributed by atoms with Crippen LogP contribution < -0.4 is 5.32 Å². The van der Waals surface area contributed by atoms with Crippen molar-refractivity contribution >= 4 is 29.2 Å². The van der Waals surface area contributed by atoms with Crippen LogP contribution in [0, 0.1) is 5.92 Å². The number of carbonyl (C=O) groups excluding carboxylic acids is 2. The maximum atomic E-state index is 12.1. The number of methoxy groups -OCH3 is 1. The summed E-state index contributed by atoms with van der Waals surface area (Å²) < 4.78 is 4.66. The molecule has 1 aliphatic carbocycles. The predicted octanol–water partition coefficient (Wildman–Crippen LogP) is 4.04. The number of nitrogens with one attached hydrogen (secondary N) is 1. The predicted molar refractivity (Wildman–Crippen MR) is 82.6 cm³/mol. The Kier molecular flexibility index (Phi) is 5.62. The smallest absolute Gasteiger partial charge is 0.337 e. The molecule has 0 spiro atoms. The molecule has 0 bridgehead atoms. The molecule has 0 aromatic heterocycles. The minimum absolute atomic E-state index is 0.0502. The number of rotatable bonds is 4. The Labute approximate surface area is 129 Å². The van der Waals surface area contributed by atoms with Crippen LogP contribution in [0.1, 0.15) is 48.9 Å². The first kappa shape index (κ1) is 15.8. The van der Waals surface area contributed by atoms with E-state index in [1.54, 1.807) is 18.2 Å². The molecule has 114 valence electrons. The zero-order chi connectivity index (χ0) is 15.2. The summed E-state index contributed by atoms with van der Waals surface area (Å²) in [4.78, 5) is 23.6. The number of halogens is 1. The monoisotopic (exact) mass is 309 g/mol. The lowest BCUT2D eigenvalue weighted by Crippen LogP contribution is -2.18. The molecule has 0 saturated heterocycles. The van der Waals surface area contributed by atoms with Gasteiger partial charge in [0, 0.05) is 6.42 Å². The average molecular weight is 310 g/mol. The molecule has 0 heterocycles. The molecule has 0 aliphatic heterocycles. The largest absolute Gasteiger partial charge is 0.465 e. The molecule has 4 nitrogen and oxygen atoms in total. The van der Waals surface area contributed by atoms with Gasteiger partial charge in [0.2, 0.25) is 5.91 Å². The van der Waals surface area contributed by atoms with Crippen LogP contribution >= 0.6 is 11.6 Å². The number of hydrogen-bond donors (Lipinski definition) is 1. The van der Waals surface area contributed by atoms with E-state index < -0.39 is 5.97 Å². The molecule has 5 heteroatoms. The second-order valence-electron chi connectivity index (χ2n) is 5.44. The first-order chi connectivity index (χ1) is 10.1. The first-order valence-electron chi connectivity index (χ1n) is 7.28. The van der Waals surface area contributed by atoms with Crippen molar-refractivity contribution < 1.29 is 14.3 Å². The van der Waals surface area contributed by atoms with Crippen LogP contribution in [0.15, 0.2) is 18.2 Å². The van der Waals surface area contributed by atoms with E-state index in [0.717, 1.165) is 12.8 Å². The van der Waals surface area contributed by atoms with Gasteiger partial charge < -0.3 is 10.1 Å². The third-order valence-electron chi connectivity index (χ3n) is 3.86. The van der Waals surface area contributed by atoms with Crippen molar-refractivity contribution in [3.63, 3.8) is 0 Å². The molecule has 1 aromatic rings. The molecule has 1 saturated carbocycles. The lowest BCUT2D eigenvalue weighted by Gasteiger charge is -2.21. The molecule has 2 rings (SSSR count). The Morgan fingerprint density at radius 3 is 2.67 bits per heavy atom. The normalized spacial score (nSPS) is 15.5. The fraction of sp³-hybridized carbons (Fsp3) is 0.500. The van der Waals surface area contributed by atoms with Gasteiger partial charge in [-0.15, -0.1) is 0 Å². The molecule has 1 amide bonds. The first-order valence-corrected chi connectivity index (χ1v) is 7.65. The summed E-state index contributed by atoms with van der Waals surface area (Å²) >= 11 is 6.06. The number of amides is 1. The molecule has 21 heavy (non-hydrogen) atoms. The zero-order valence-electron chi connectivity index (χ0n) is 12.2. The molecule has 0 atom stereocenters. The maximum absolute atomic E-state index is 12.1. The minimum atomic E-state index is -0.450. The summed E-state index contributed by atoms with van der Waals surface area (Å²) in [7, 11) is 1.32. The van der Waals surface area contributed by atoms with Gasteiger partial charge in [-0.2, -0.15) is 0 Å². The van der Waals surface area contributed by atoms with Crippen molar-refractivity contribution in [2.75, 3.05) is 12.4 Å². The molecule has 1 N–H and O–H groups in total. The fourth-order valence-electron chi connectivity index (χ4n) is 2.72. The zero-order valence-corrected chi connectivity index (χ0v) is 12.9. The summed E-state index contributed by atoms with van der Waals surface area (Å²) in [5, 5.41) is 3.21. The van der Waals surface area contributed by atoms with Gasteiger partial charge in [0.05, 0.1) is 23.4 Å². The van der Waals surface area contributed by atoms with Gasteiger partial charge in [-0.25, -0.2) is 4.79 Å². The molecule has 1 aliphatic rings. The van der Waals surface area contributed by atoms with Gasteiger partial charge in [0.15, 0.2) is 0 Å². The number of carbonyl (C=O) groups is 2. The van der Waals surface area contributed by atoms with E-state index in [2.05, 4.69) is 10.1 Å². The number of anilines is 1. The molecular formula is C16H20ClNO3. The number of ether oxygens (including phenoxy) is 1. The van der Waals surface area contributed by atoms with E-state index in [1.807, 2.05) is 0 Å². The minimum Gasteiger partial charge on any atom is -0.465 e. The van der Waals surface area contributed by atoms with E-state index in [0.29, 0.717) is 28.6 Å². The highest BCUT2D eigenvalue weighted by atomic mass is 35.5. The SMILES string of the molecule is COC(=O)c1ccc(Cl)c(NC(=O)CC2CCCCC2)c1. The van der Waals surface area contributed by atoms with Crippen molar-refractivity contribution in [1.82, 2.24) is 0 Å². The second kappa shape index (κ2) is 7.46. The van der Waals surface area contributed by atoms with Gasteiger partial charge in [-0.3, -0.25) is 4.79 Å². The standard InChI is InChI=1S/C16H20ClNO3/c1-21-16(20)12-7-8-13(17)14(10-12)18-15(19)9-11-5-3-2-4-6-11/h7-8,10-11H,2-6,9H2,1H3,(H,18,19).